The predicted octanol–water partition coefficient (Wildman–Crippen LogP) is 0.129. The average molecular weight is 300 g/mol. The lowest BCUT2D eigenvalue weighted by Crippen LogP contribution is -2.52. The van der Waals surface area contributed by atoms with Crippen LogP contribution in [0.3, 0.4) is 0 Å². The number of nitrogens with one attached hydrogen (secondary N) is 1. The molecule has 1 rings (SSSR count). The van der Waals surface area contributed by atoms with E-state index in [9.17, 15) is 9.59 Å². The third-order valence-electron chi connectivity index (χ3n) is 3.86. The van der Waals surface area contributed by atoms with E-state index < -0.39 is 5.97 Å². The van der Waals surface area contributed by atoms with Crippen LogP contribution in [0.2, 0.25) is 0 Å². The SMILES string of the molecule is CC(C)N(C)CCCNC(=O)N1CCN(CC(=O)O)CC1. The summed E-state index contributed by atoms with van der Waals surface area (Å²) in [5, 5.41) is 11.7. The van der Waals surface area contributed by atoms with Crippen LogP contribution in [0, 0.1) is 0 Å². The maximum absolute atomic E-state index is 12.0. The lowest BCUT2D eigenvalue weighted by atomic mass is 10.3. The minimum atomic E-state index is -0.817. The van der Waals surface area contributed by atoms with E-state index in [-0.39, 0.29) is 12.6 Å². The average Bonchev–Trinajstić information content (AvgIpc) is 2.43. The Morgan fingerprint density at radius 2 is 1.86 bits per heavy atom. The quantitative estimate of drug-likeness (QED) is 0.654. The van der Waals surface area contributed by atoms with Crippen molar-refractivity contribution in [3.8, 4) is 0 Å². The van der Waals surface area contributed by atoms with Crippen molar-refractivity contribution in [2.24, 2.45) is 0 Å². The van der Waals surface area contributed by atoms with Crippen LogP contribution in [0.4, 0.5) is 4.79 Å². The second-order valence-electron chi connectivity index (χ2n) is 5.82. The second-order valence-corrected chi connectivity index (χ2v) is 5.82. The summed E-state index contributed by atoms with van der Waals surface area (Å²) in [6.07, 6.45) is 0.930. The van der Waals surface area contributed by atoms with Gasteiger partial charge in [0.25, 0.3) is 0 Å². The van der Waals surface area contributed by atoms with Gasteiger partial charge in [0.1, 0.15) is 0 Å². The first-order chi connectivity index (χ1) is 9.90. The van der Waals surface area contributed by atoms with Gasteiger partial charge in [-0.15, -0.1) is 0 Å². The highest BCUT2D eigenvalue weighted by atomic mass is 16.4. The molecule has 0 radical (unpaired) electrons. The van der Waals surface area contributed by atoms with E-state index in [1.54, 1.807) is 4.90 Å². The van der Waals surface area contributed by atoms with Crippen molar-refractivity contribution in [3.63, 3.8) is 0 Å². The molecule has 1 heterocycles. The Balaban J connectivity index is 2.15. The molecular weight excluding hydrogens is 272 g/mol. The van der Waals surface area contributed by atoms with E-state index in [0.717, 1.165) is 13.0 Å². The van der Waals surface area contributed by atoms with Crippen molar-refractivity contribution in [2.75, 3.05) is 52.9 Å². The number of nitrogens with zero attached hydrogens (tertiary/aromatic N) is 3. The fraction of sp³-hybridized carbons (Fsp3) is 0.857. The number of hydrogen-bond donors (Lipinski definition) is 2. The first-order valence-electron chi connectivity index (χ1n) is 7.57. The van der Waals surface area contributed by atoms with Crippen molar-refractivity contribution < 1.29 is 14.7 Å². The smallest absolute Gasteiger partial charge is 0.317 e. The molecular formula is C14H28N4O3. The summed E-state index contributed by atoms with van der Waals surface area (Å²) in [5.41, 5.74) is 0. The van der Waals surface area contributed by atoms with Crippen molar-refractivity contribution in [3.05, 3.63) is 0 Å². The molecule has 1 saturated heterocycles. The summed E-state index contributed by atoms with van der Waals surface area (Å²) in [6.45, 7) is 8.40. The van der Waals surface area contributed by atoms with E-state index in [1.807, 2.05) is 4.90 Å². The summed E-state index contributed by atoms with van der Waals surface area (Å²) in [6, 6.07) is 0.472. The van der Waals surface area contributed by atoms with Crippen LogP contribution in [-0.4, -0.2) is 90.7 Å². The molecule has 0 unspecified atom stereocenters. The van der Waals surface area contributed by atoms with Gasteiger partial charge in [-0.3, -0.25) is 9.69 Å². The van der Waals surface area contributed by atoms with Crippen molar-refractivity contribution >= 4 is 12.0 Å². The van der Waals surface area contributed by atoms with Crippen LogP contribution in [0.25, 0.3) is 0 Å². The van der Waals surface area contributed by atoms with Crippen LogP contribution in [0.1, 0.15) is 20.3 Å². The molecule has 0 spiro atoms. The molecule has 0 bridgehead atoms. The van der Waals surface area contributed by atoms with Gasteiger partial charge in [0.05, 0.1) is 6.54 Å². The van der Waals surface area contributed by atoms with Crippen molar-refractivity contribution in [1.82, 2.24) is 20.0 Å². The van der Waals surface area contributed by atoms with Gasteiger partial charge in [-0.25, -0.2) is 4.79 Å². The zero-order valence-electron chi connectivity index (χ0n) is 13.3. The number of carboxylic acid groups (broad SMARTS) is 1. The Morgan fingerprint density at radius 3 is 2.38 bits per heavy atom. The molecule has 1 aliphatic heterocycles. The number of rotatable bonds is 7. The summed E-state index contributed by atoms with van der Waals surface area (Å²) in [7, 11) is 2.08. The molecule has 21 heavy (non-hydrogen) atoms. The van der Waals surface area contributed by atoms with Crippen LogP contribution in [0.5, 0.6) is 0 Å². The summed E-state index contributed by atoms with van der Waals surface area (Å²) < 4.78 is 0. The topological polar surface area (TPSA) is 76.1 Å². The van der Waals surface area contributed by atoms with Crippen molar-refractivity contribution in [2.45, 2.75) is 26.3 Å². The lowest BCUT2D eigenvalue weighted by Gasteiger charge is -2.33. The van der Waals surface area contributed by atoms with Gasteiger partial charge in [-0.1, -0.05) is 0 Å². The number of amides is 2. The zero-order valence-corrected chi connectivity index (χ0v) is 13.3. The lowest BCUT2D eigenvalue weighted by molar-refractivity contribution is -0.138. The van der Waals surface area contributed by atoms with Gasteiger partial charge >= 0.3 is 12.0 Å². The third kappa shape index (κ3) is 6.77. The van der Waals surface area contributed by atoms with Crippen LogP contribution < -0.4 is 5.32 Å². The van der Waals surface area contributed by atoms with Gasteiger partial charge in [0.2, 0.25) is 0 Å². The number of carbonyl (C=O) groups is 2. The van der Waals surface area contributed by atoms with Gasteiger partial charge in [-0.2, -0.15) is 0 Å². The first-order valence-corrected chi connectivity index (χ1v) is 7.57. The van der Waals surface area contributed by atoms with E-state index in [4.69, 9.17) is 5.11 Å². The van der Waals surface area contributed by atoms with Gasteiger partial charge < -0.3 is 20.2 Å². The maximum Gasteiger partial charge on any atom is 0.317 e. The molecule has 0 aromatic heterocycles. The molecule has 0 aromatic carbocycles. The Hall–Kier alpha value is -1.34. The monoisotopic (exact) mass is 300 g/mol. The number of carbonyl (C=O) groups excluding carboxylic acids is 1. The number of urea groups is 1. The molecule has 1 fully saturated rings. The second kappa shape index (κ2) is 8.84. The number of carboxylic acids is 1. The Kier molecular flexibility index (Phi) is 7.45. The molecule has 122 valence electrons. The molecule has 2 N–H and O–H groups in total. The molecule has 0 atom stereocenters. The maximum atomic E-state index is 12.0. The van der Waals surface area contributed by atoms with E-state index in [2.05, 4.69) is 31.1 Å². The molecule has 7 nitrogen and oxygen atoms in total. The van der Waals surface area contributed by atoms with Crippen LogP contribution >= 0.6 is 0 Å². The highest BCUT2D eigenvalue weighted by molar-refractivity contribution is 5.74. The Bertz CT molecular complexity index is 341. The Morgan fingerprint density at radius 1 is 1.24 bits per heavy atom. The standard InChI is InChI=1S/C14H28N4O3/c1-12(2)16(3)6-4-5-15-14(21)18-9-7-17(8-10-18)11-13(19)20/h12H,4-11H2,1-3H3,(H,15,21)(H,19,20). The number of aliphatic carboxylic acids is 1. The molecule has 7 heteroatoms. The zero-order chi connectivity index (χ0) is 15.8. The van der Waals surface area contributed by atoms with E-state index in [0.29, 0.717) is 38.8 Å². The molecule has 2 amide bonds. The number of hydrogen-bond acceptors (Lipinski definition) is 4. The molecule has 0 aromatic rings. The first kappa shape index (κ1) is 17.7. The Labute approximate surface area is 126 Å². The fourth-order valence-corrected chi connectivity index (χ4v) is 2.19. The summed E-state index contributed by atoms with van der Waals surface area (Å²) in [4.78, 5) is 28.4. The van der Waals surface area contributed by atoms with Gasteiger partial charge in [0.15, 0.2) is 0 Å². The van der Waals surface area contributed by atoms with Crippen molar-refractivity contribution in [1.29, 1.82) is 0 Å². The minimum absolute atomic E-state index is 0.0443. The van der Waals surface area contributed by atoms with E-state index >= 15 is 0 Å². The highest BCUT2D eigenvalue weighted by Crippen LogP contribution is 2.02. The fourth-order valence-electron chi connectivity index (χ4n) is 2.19. The van der Waals surface area contributed by atoms with E-state index in [1.165, 1.54) is 0 Å². The largest absolute Gasteiger partial charge is 0.480 e. The molecule has 0 saturated carbocycles. The van der Waals surface area contributed by atoms with Gasteiger partial charge in [0, 0.05) is 38.8 Å². The molecule has 1 aliphatic rings. The third-order valence-corrected chi connectivity index (χ3v) is 3.86. The minimum Gasteiger partial charge on any atom is -0.480 e. The molecule has 0 aliphatic carbocycles. The predicted molar refractivity (Wildman–Crippen MR) is 81.4 cm³/mol. The highest BCUT2D eigenvalue weighted by Gasteiger charge is 2.21. The number of piperazine rings is 1. The van der Waals surface area contributed by atoms with Gasteiger partial charge in [-0.05, 0) is 33.9 Å². The summed E-state index contributed by atoms with van der Waals surface area (Å²) in [5.74, 6) is -0.817. The van der Waals surface area contributed by atoms with Crippen LogP contribution in [-0.2, 0) is 4.79 Å². The normalized spacial score (nSPS) is 16.5. The van der Waals surface area contributed by atoms with Crippen LogP contribution in [0.15, 0.2) is 0 Å². The summed E-state index contributed by atoms with van der Waals surface area (Å²) >= 11 is 0.